The van der Waals surface area contributed by atoms with Crippen molar-refractivity contribution in [2.24, 2.45) is 0 Å². The third-order valence-electron chi connectivity index (χ3n) is 3.84. The summed E-state index contributed by atoms with van der Waals surface area (Å²) in [5, 5.41) is 0. The van der Waals surface area contributed by atoms with Crippen molar-refractivity contribution in [3.8, 4) is 0 Å². The van der Waals surface area contributed by atoms with Crippen LogP contribution in [0.5, 0.6) is 0 Å². The Bertz CT molecular complexity index is 818. The monoisotopic (exact) mass is 316 g/mol. The normalized spacial score (nSPS) is 11.7. The lowest BCUT2D eigenvalue weighted by Crippen LogP contribution is -2.17. The SMILES string of the molecule is O=C(CC(C(=O)c1cccnc1)c1ccccc1)c1cccnc1. The van der Waals surface area contributed by atoms with Crippen molar-refractivity contribution in [3.63, 3.8) is 0 Å². The molecular weight excluding hydrogens is 300 g/mol. The number of pyridine rings is 2. The van der Waals surface area contributed by atoms with Crippen LogP contribution in [0, 0.1) is 0 Å². The average molecular weight is 316 g/mol. The second kappa shape index (κ2) is 7.42. The summed E-state index contributed by atoms with van der Waals surface area (Å²) in [5.74, 6) is -0.746. The molecule has 0 spiro atoms. The Labute approximate surface area is 140 Å². The molecule has 24 heavy (non-hydrogen) atoms. The molecule has 0 N–H and O–H groups in total. The number of hydrogen-bond donors (Lipinski definition) is 0. The first-order chi connectivity index (χ1) is 11.8. The Morgan fingerprint density at radius 3 is 2.00 bits per heavy atom. The lowest BCUT2D eigenvalue weighted by atomic mass is 9.86. The highest BCUT2D eigenvalue weighted by Crippen LogP contribution is 2.26. The number of benzene rings is 1. The zero-order valence-corrected chi connectivity index (χ0v) is 13.0. The topological polar surface area (TPSA) is 59.9 Å². The first-order valence-corrected chi connectivity index (χ1v) is 7.68. The molecule has 0 aliphatic rings. The molecular formula is C20H16N2O2. The molecule has 0 fully saturated rings. The van der Waals surface area contributed by atoms with E-state index in [1.807, 2.05) is 30.3 Å². The van der Waals surface area contributed by atoms with E-state index in [0.29, 0.717) is 11.1 Å². The van der Waals surface area contributed by atoms with E-state index in [0.717, 1.165) is 5.56 Å². The highest BCUT2D eigenvalue weighted by atomic mass is 16.1. The highest BCUT2D eigenvalue weighted by Gasteiger charge is 2.25. The molecule has 0 aliphatic heterocycles. The highest BCUT2D eigenvalue weighted by molar-refractivity contribution is 6.05. The molecule has 0 aliphatic carbocycles. The van der Waals surface area contributed by atoms with Gasteiger partial charge >= 0.3 is 0 Å². The summed E-state index contributed by atoms with van der Waals surface area (Å²) in [6.45, 7) is 0. The summed E-state index contributed by atoms with van der Waals surface area (Å²) in [4.78, 5) is 33.4. The summed E-state index contributed by atoms with van der Waals surface area (Å²) in [6.07, 6.45) is 6.40. The van der Waals surface area contributed by atoms with E-state index in [1.165, 1.54) is 12.4 Å². The molecule has 4 heteroatoms. The van der Waals surface area contributed by atoms with Gasteiger partial charge in [0.2, 0.25) is 0 Å². The number of hydrogen-bond acceptors (Lipinski definition) is 4. The van der Waals surface area contributed by atoms with Gasteiger partial charge in [0.05, 0.1) is 5.92 Å². The Balaban J connectivity index is 1.91. The maximum Gasteiger partial charge on any atom is 0.172 e. The molecule has 1 atom stereocenters. The molecule has 3 aromatic rings. The van der Waals surface area contributed by atoms with Gasteiger partial charge in [-0.1, -0.05) is 30.3 Å². The summed E-state index contributed by atoms with van der Waals surface area (Å²) < 4.78 is 0. The van der Waals surface area contributed by atoms with Crippen LogP contribution in [0.2, 0.25) is 0 Å². The summed E-state index contributed by atoms with van der Waals surface area (Å²) in [5.41, 5.74) is 1.84. The van der Waals surface area contributed by atoms with Crippen LogP contribution in [-0.4, -0.2) is 21.5 Å². The third kappa shape index (κ3) is 3.60. The van der Waals surface area contributed by atoms with Crippen LogP contribution in [-0.2, 0) is 0 Å². The van der Waals surface area contributed by atoms with E-state index in [-0.39, 0.29) is 18.0 Å². The van der Waals surface area contributed by atoms with Crippen LogP contribution in [0.15, 0.2) is 79.4 Å². The predicted octanol–water partition coefficient (Wildman–Crippen LogP) is 3.72. The first-order valence-electron chi connectivity index (χ1n) is 7.68. The zero-order valence-electron chi connectivity index (χ0n) is 13.0. The number of carbonyl (C=O) groups excluding carboxylic acids is 2. The average Bonchev–Trinajstić information content (AvgIpc) is 2.67. The molecule has 2 heterocycles. The lowest BCUT2D eigenvalue weighted by molar-refractivity contribution is 0.0893. The van der Waals surface area contributed by atoms with Crippen LogP contribution in [0.3, 0.4) is 0 Å². The largest absolute Gasteiger partial charge is 0.294 e. The molecule has 0 saturated carbocycles. The van der Waals surface area contributed by atoms with Gasteiger partial charge in [-0.2, -0.15) is 0 Å². The maximum absolute atomic E-state index is 12.9. The van der Waals surface area contributed by atoms with Crippen molar-refractivity contribution in [3.05, 3.63) is 96.1 Å². The van der Waals surface area contributed by atoms with E-state index in [1.54, 1.807) is 36.7 Å². The fourth-order valence-corrected chi connectivity index (χ4v) is 2.59. The van der Waals surface area contributed by atoms with Gasteiger partial charge in [-0.3, -0.25) is 19.6 Å². The van der Waals surface area contributed by atoms with Crippen molar-refractivity contribution in [2.45, 2.75) is 12.3 Å². The van der Waals surface area contributed by atoms with Gasteiger partial charge in [0, 0.05) is 42.3 Å². The van der Waals surface area contributed by atoms with E-state index >= 15 is 0 Å². The minimum Gasteiger partial charge on any atom is -0.294 e. The number of carbonyl (C=O) groups is 2. The van der Waals surface area contributed by atoms with Crippen molar-refractivity contribution < 1.29 is 9.59 Å². The molecule has 3 rings (SSSR count). The van der Waals surface area contributed by atoms with E-state index in [2.05, 4.69) is 9.97 Å². The van der Waals surface area contributed by atoms with Gasteiger partial charge in [-0.15, -0.1) is 0 Å². The Hall–Kier alpha value is -3.14. The smallest absolute Gasteiger partial charge is 0.172 e. The van der Waals surface area contributed by atoms with Crippen LogP contribution >= 0.6 is 0 Å². The second-order valence-corrected chi connectivity index (χ2v) is 5.44. The predicted molar refractivity (Wildman–Crippen MR) is 90.9 cm³/mol. The van der Waals surface area contributed by atoms with Crippen molar-refractivity contribution in [1.82, 2.24) is 9.97 Å². The molecule has 4 nitrogen and oxygen atoms in total. The van der Waals surface area contributed by atoms with Gasteiger partial charge < -0.3 is 0 Å². The quantitative estimate of drug-likeness (QED) is 0.650. The molecule has 0 amide bonds. The number of aromatic nitrogens is 2. The minimum absolute atomic E-state index is 0.101. The number of ketones is 2. The summed E-state index contributed by atoms with van der Waals surface area (Å²) in [6, 6.07) is 16.2. The Morgan fingerprint density at radius 2 is 1.42 bits per heavy atom. The van der Waals surface area contributed by atoms with Gasteiger partial charge in [-0.05, 0) is 29.8 Å². The van der Waals surface area contributed by atoms with Crippen molar-refractivity contribution in [1.29, 1.82) is 0 Å². The second-order valence-electron chi connectivity index (χ2n) is 5.44. The molecule has 0 radical (unpaired) electrons. The van der Waals surface area contributed by atoms with E-state index in [4.69, 9.17) is 0 Å². The van der Waals surface area contributed by atoms with Crippen LogP contribution < -0.4 is 0 Å². The first kappa shape index (κ1) is 15.7. The fraction of sp³-hybridized carbons (Fsp3) is 0.100. The minimum atomic E-state index is -0.539. The zero-order chi connectivity index (χ0) is 16.8. The summed E-state index contributed by atoms with van der Waals surface area (Å²) in [7, 11) is 0. The van der Waals surface area contributed by atoms with E-state index < -0.39 is 5.92 Å². The van der Waals surface area contributed by atoms with E-state index in [9.17, 15) is 9.59 Å². The van der Waals surface area contributed by atoms with Gasteiger partial charge in [0.1, 0.15) is 0 Å². The molecule has 118 valence electrons. The molecule has 0 bridgehead atoms. The van der Waals surface area contributed by atoms with Crippen LogP contribution in [0.1, 0.15) is 38.6 Å². The van der Waals surface area contributed by atoms with Crippen LogP contribution in [0.4, 0.5) is 0 Å². The molecule has 2 aromatic heterocycles. The Kier molecular flexibility index (Phi) is 4.87. The molecule has 1 aromatic carbocycles. The third-order valence-corrected chi connectivity index (χ3v) is 3.84. The maximum atomic E-state index is 12.9. The molecule has 1 unspecified atom stereocenters. The lowest BCUT2D eigenvalue weighted by Gasteiger charge is -2.15. The number of rotatable bonds is 6. The molecule has 0 saturated heterocycles. The fourth-order valence-electron chi connectivity index (χ4n) is 2.59. The van der Waals surface area contributed by atoms with Gasteiger partial charge in [-0.25, -0.2) is 0 Å². The Morgan fingerprint density at radius 1 is 0.792 bits per heavy atom. The van der Waals surface area contributed by atoms with Gasteiger partial charge in [0.25, 0.3) is 0 Å². The standard InChI is InChI=1S/C20H16N2O2/c23-19(16-8-4-10-21-13-16)12-18(15-6-2-1-3-7-15)20(24)17-9-5-11-22-14-17/h1-11,13-14,18H,12H2. The van der Waals surface area contributed by atoms with Crippen molar-refractivity contribution in [2.75, 3.05) is 0 Å². The number of nitrogens with zero attached hydrogens (tertiary/aromatic N) is 2. The van der Waals surface area contributed by atoms with Crippen molar-refractivity contribution >= 4 is 11.6 Å². The number of Topliss-reactive ketones (excluding diaryl/α,β-unsaturated/α-hetero) is 2. The summed E-state index contributed by atoms with van der Waals surface area (Å²) >= 11 is 0. The van der Waals surface area contributed by atoms with Gasteiger partial charge in [0.15, 0.2) is 11.6 Å². The van der Waals surface area contributed by atoms with Crippen LogP contribution in [0.25, 0.3) is 0 Å².